The van der Waals surface area contributed by atoms with Crippen LogP contribution in [0.4, 0.5) is 13.2 Å². The van der Waals surface area contributed by atoms with Gasteiger partial charge in [-0.15, -0.1) is 0 Å². The number of carboxylic acid groups (broad SMARTS) is 1. The fourth-order valence-corrected chi connectivity index (χ4v) is 7.87. The predicted octanol–water partition coefficient (Wildman–Crippen LogP) is 7.24. The fourth-order valence-electron chi connectivity index (χ4n) is 7.06. The molecule has 0 saturated heterocycles. The van der Waals surface area contributed by atoms with E-state index in [2.05, 4.69) is 5.10 Å². The lowest BCUT2D eigenvalue weighted by atomic mass is 9.74. The Bertz CT molecular complexity index is 1360. The molecule has 41 heavy (non-hydrogen) atoms. The predicted molar refractivity (Wildman–Crippen MR) is 146 cm³/mol. The summed E-state index contributed by atoms with van der Waals surface area (Å²) in [5.41, 5.74) is -2.02. The maximum atomic E-state index is 14.6. The van der Waals surface area contributed by atoms with Gasteiger partial charge in [0.25, 0.3) is 5.91 Å². The number of alkyl halides is 3. The number of hydrogen-bond donors (Lipinski definition) is 1. The number of ketones is 1. The highest BCUT2D eigenvalue weighted by Crippen LogP contribution is 2.48. The summed E-state index contributed by atoms with van der Waals surface area (Å²) in [6.45, 7) is 2.89. The molecule has 1 aromatic heterocycles. The summed E-state index contributed by atoms with van der Waals surface area (Å²) in [7, 11) is 0. The van der Waals surface area contributed by atoms with E-state index in [0.29, 0.717) is 12.3 Å². The quantitative estimate of drug-likeness (QED) is 0.332. The van der Waals surface area contributed by atoms with Gasteiger partial charge >= 0.3 is 12.1 Å². The highest BCUT2D eigenvalue weighted by molar-refractivity contribution is 6.40. The monoisotopic (exact) mass is 613 g/mol. The minimum Gasteiger partial charge on any atom is -0.481 e. The molecule has 2 aromatic rings. The van der Waals surface area contributed by atoms with E-state index in [1.54, 1.807) is 26.0 Å². The second kappa shape index (κ2) is 10.9. The van der Waals surface area contributed by atoms with Crippen LogP contribution in [0.5, 0.6) is 0 Å². The van der Waals surface area contributed by atoms with Crippen molar-refractivity contribution in [2.75, 3.05) is 6.54 Å². The van der Waals surface area contributed by atoms with Gasteiger partial charge in [0.1, 0.15) is 0 Å². The van der Waals surface area contributed by atoms with Gasteiger partial charge in [0.05, 0.1) is 45.4 Å². The molecule has 1 aromatic carbocycles. The van der Waals surface area contributed by atoms with Crippen molar-refractivity contribution >= 4 is 40.9 Å². The molecule has 3 aliphatic rings. The smallest absolute Gasteiger partial charge is 0.433 e. The Labute approximate surface area is 246 Å². The molecule has 3 aliphatic carbocycles. The van der Waals surface area contributed by atoms with Gasteiger partial charge in [0.15, 0.2) is 11.5 Å². The average Bonchev–Trinajstić information content (AvgIpc) is 3.62. The zero-order valence-corrected chi connectivity index (χ0v) is 24.3. The number of rotatable bonds is 7. The number of nitrogens with zero attached hydrogens (tertiary/aromatic N) is 3. The summed E-state index contributed by atoms with van der Waals surface area (Å²) in [5, 5.41) is 13.8. The lowest BCUT2D eigenvalue weighted by Crippen LogP contribution is -2.46. The molecule has 222 valence electrons. The molecule has 3 saturated carbocycles. The second-order valence-electron chi connectivity index (χ2n) is 12.1. The Balaban J connectivity index is 1.49. The molecule has 0 radical (unpaired) electrons. The van der Waals surface area contributed by atoms with E-state index >= 15 is 0 Å². The van der Waals surface area contributed by atoms with E-state index in [1.165, 1.54) is 4.90 Å². The molecular weight excluding hydrogens is 582 g/mol. The summed E-state index contributed by atoms with van der Waals surface area (Å²) in [6, 6.07) is 2.07. The largest absolute Gasteiger partial charge is 0.481 e. The van der Waals surface area contributed by atoms with E-state index in [9.17, 15) is 32.7 Å². The lowest BCUT2D eigenvalue weighted by Gasteiger charge is -2.35. The van der Waals surface area contributed by atoms with E-state index in [-0.39, 0.29) is 53.3 Å². The van der Waals surface area contributed by atoms with Gasteiger partial charge in [-0.1, -0.05) is 29.6 Å². The number of fused-ring (bicyclic) bond motifs is 2. The van der Waals surface area contributed by atoms with Crippen molar-refractivity contribution in [1.82, 2.24) is 14.7 Å². The van der Waals surface area contributed by atoms with E-state index in [0.717, 1.165) is 35.7 Å². The van der Waals surface area contributed by atoms with Crippen LogP contribution in [-0.4, -0.2) is 50.0 Å². The van der Waals surface area contributed by atoms with Crippen LogP contribution in [0.2, 0.25) is 10.0 Å². The van der Waals surface area contributed by atoms with Gasteiger partial charge in [-0.25, -0.2) is 0 Å². The van der Waals surface area contributed by atoms with Crippen molar-refractivity contribution in [3.8, 4) is 0 Å². The third-order valence-corrected chi connectivity index (χ3v) is 9.95. The van der Waals surface area contributed by atoms with E-state index in [4.69, 9.17) is 23.2 Å². The zero-order chi connectivity index (χ0) is 29.9. The average molecular weight is 614 g/mol. The summed E-state index contributed by atoms with van der Waals surface area (Å²) in [5.74, 6) is -1.98. The van der Waals surface area contributed by atoms with Crippen molar-refractivity contribution < 1.29 is 32.7 Å². The molecular formula is C29H32Cl2F3N3O4. The van der Waals surface area contributed by atoms with Crippen molar-refractivity contribution in [1.29, 1.82) is 0 Å². The Kier molecular flexibility index (Phi) is 7.96. The number of carbonyl (C=O) groups is 3. The number of aliphatic carboxylic acids is 1. The second-order valence-corrected chi connectivity index (χ2v) is 13.0. The molecule has 3 fully saturated rings. The maximum absolute atomic E-state index is 14.6. The number of Topliss-reactive ketones (excluding diaryl/α,β-unsaturated/α-hetero) is 1. The number of amides is 1. The Morgan fingerprint density at radius 2 is 1.73 bits per heavy atom. The molecule has 0 unspecified atom stereocenters. The first-order valence-corrected chi connectivity index (χ1v) is 14.6. The first kappa shape index (κ1) is 29.9. The minimum absolute atomic E-state index is 0.0373. The Morgan fingerprint density at radius 3 is 2.24 bits per heavy atom. The summed E-state index contributed by atoms with van der Waals surface area (Å²) in [6.07, 6.45) is 0.102. The zero-order valence-electron chi connectivity index (χ0n) is 22.8. The Morgan fingerprint density at radius 1 is 1.10 bits per heavy atom. The standard InChI is InChI=1S/C29H32Cl2F3N3O4/c1-15-9-20(30)24(21(31)10-15)23(38)14-36(22-12-16-3-4-17(22)11-16)26(39)19-13-35-37(25(19)29(32,33)34)18-5-7-28(2,8-6-18)27(40)41/h9-10,13,16-18,22H,3-8,11-12,14H2,1-2H3,(H,40,41)/t16-,17-,18-,22-,28-/m0/s1. The van der Waals surface area contributed by atoms with Crippen LogP contribution in [0.3, 0.4) is 0 Å². The topological polar surface area (TPSA) is 92.5 Å². The molecule has 0 spiro atoms. The number of hydrogen-bond acceptors (Lipinski definition) is 4. The molecule has 7 nitrogen and oxygen atoms in total. The SMILES string of the molecule is Cc1cc(Cl)c(C(=O)CN(C(=O)c2cnn([C@H]3CC[C@](C)(C(=O)O)CC3)c2C(F)(F)F)[C@H]2C[C@H]3CC[C@H]2C3)c(Cl)c1. The van der Waals surface area contributed by atoms with Gasteiger partial charge in [0, 0.05) is 6.04 Å². The van der Waals surface area contributed by atoms with Crippen molar-refractivity contribution in [3.05, 3.63) is 50.8 Å². The fraction of sp³-hybridized carbons (Fsp3) is 0.586. The van der Waals surface area contributed by atoms with Gasteiger partial charge in [-0.2, -0.15) is 18.3 Å². The first-order valence-electron chi connectivity index (χ1n) is 13.9. The maximum Gasteiger partial charge on any atom is 0.433 e. The number of halogens is 5. The van der Waals surface area contributed by atoms with Gasteiger partial charge in [0.2, 0.25) is 0 Å². The van der Waals surface area contributed by atoms with Gasteiger partial charge in [-0.05, 0) is 88.3 Å². The molecule has 1 N–H and O–H groups in total. The Hall–Kier alpha value is -2.59. The summed E-state index contributed by atoms with van der Waals surface area (Å²) >= 11 is 12.7. The molecule has 1 amide bonds. The normalized spacial score (nSPS) is 27.7. The highest BCUT2D eigenvalue weighted by Gasteiger charge is 2.48. The van der Waals surface area contributed by atoms with Crippen LogP contribution in [0.25, 0.3) is 0 Å². The molecule has 3 atom stereocenters. The van der Waals surface area contributed by atoms with Crippen molar-refractivity contribution in [2.24, 2.45) is 17.3 Å². The van der Waals surface area contributed by atoms with Crippen LogP contribution in [0.1, 0.15) is 96.3 Å². The van der Waals surface area contributed by atoms with Crippen LogP contribution < -0.4 is 0 Å². The number of aromatic nitrogens is 2. The molecule has 1 heterocycles. The first-order chi connectivity index (χ1) is 19.2. The molecule has 5 rings (SSSR count). The number of aryl methyl sites for hydroxylation is 1. The van der Waals surface area contributed by atoms with Gasteiger partial charge < -0.3 is 10.0 Å². The van der Waals surface area contributed by atoms with Crippen LogP contribution in [-0.2, 0) is 11.0 Å². The summed E-state index contributed by atoms with van der Waals surface area (Å²) < 4.78 is 44.6. The highest BCUT2D eigenvalue weighted by atomic mass is 35.5. The van der Waals surface area contributed by atoms with Gasteiger partial charge in [-0.3, -0.25) is 19.1 Å². The van der Waals surface area contributed by atoms with Crippen LogP contribution in [0.15, 0.2) is 18.3 Å². The lowest BCUT2D eigenvalue weighted by molar-refractivity contribution is -0.152. The van der Waals surface area contributed by atoms with Crippen LogP contribution >= 0.6 is 23.2 Å². The molecule has 12 heteroatoms. The van der Waals surface area contributed by atoms with E-state index in [1.807, 2.05) is 0 Å². The molecule has 2 bridgehead atoms. The third kappa shape index (κ3) is 5.61. The number of carbonyl (C=O) groups excluding carboxylic acids is 2. The molecule has 0 aliphatic heterocycles. The number of carboxylic acids is 1. The van der Waals surface area contributed by atoms with E-state index < -0.39 is 53.1 Å². The van der Waals surface area contributed by atoms with Crippen LogP contribution in [0, 0.1) is 24.2 Å². The van der Waals surface area contributed by atoms with Crippen molar-refractivity contribution in [3.63, 3.8) is 0 Å². The van der Waals surface area contributed by atoms with Crippen molar-refractivity contribution in [2.45, 2.75) is 83.5 Å². The minimum atomic E-state index is -4.90. The summed E-state index contributed by atoms with van der Waals surface area (Å²) in [4.78, 5) is 40.5. The third-order valence-electron chi connectivity index (χ3n) is 9.36. The number of benzene rings is 1.